The Morgan fingerprint density at radius 3 is 2.47 bits per heavy atom. The van der Waals surface area contributed by atoms with Crippen molar-refractivity contribution in [1.29, 1.82) is 0 Å². The first-order valence-corrected chi connectivity index (χ1v) is 6.52. The summed E-state index contributed by atoms with van der Waals surface area (Å²) in [5, 5.41) is 1.69. The third-order valence-corrected chi connectivity index (χ3v) is 3.50. The van der Waals surface area contributed by atoms with Crippen LogP contribution in [-0.4, -0.2) is 4.98 Å². The number of fused-ring (bicyclic) bond motifs is 1. The van der Waals surface area contributed by atoms with Crippen molar-refractivity contribution >= 4 is 44.3 Å². The maximum absolute atomic E-state index is 6.04. The van der Waals surface area contributed by atoms with Gasteiger partial charge < -0.3 is 5.73 Å². The Bertz CT molecular complexity index is 588. The summed E-state index contributed by atoms with van der Waals surface area (Å²) in [4.78, 5) is 4.45. The number of anilines is 1. The molecule has 2 rings (SSSR count). The van der Waals surface area contributed by atoms with Crippen molar-refractivity contribution in [3.63, 3.8) is 0 Å². The fourth-order valence-corrected chi connectivity index (χ4v) is 2.75. The van der Waals surface area contributed by atoms with Crippen molar-refractivity contribution in [3.05, 3.63) is 33.3 Å². The van der Waals surface area contributed by atoms with Gasteiger partial charge in [-0.05, 0) is 39.5 Å². The number of benzene rings is 1. The number of nitrogens with zero attached hydrogens (tertiary/aromatic N) is 1. The predicted octanol–water partition coefficient (Wildman–Crippen LogP) is 4.53. The van der Waals surface area contributed by atoms with E-state index in [1.165, 1.54) is 0 Å². The molecule has 2 aromatic rings. The van der Waals surface area contributed by atoms with Gasteiger partial charge in [-0.25, -0.2) is 4.98 Å². The highest BCUT2D eigenvalue weighted by molar-refractivity contribution is 9.10. The number of pyridine rings is 1. The van der Waals surface area contributed by atoms with E-state index in [1.807, 2.05) is 12.1 Å². The van der Waals surface area contributed by atoms with Gasteiger partial charge in [0.15, 0.2) is 0 Å². The van der Waals surface area contributed by atoms with E-state index < -0.39 is 0 Å². The SMILES string of the molecule is CC(C)(C)c1cc2cc(Cl)cc(Br)c2nc1N. The topological polar surface area (TPSA) is 38.9 Å². The third kappa shape index (κ3) is 2.40. The van der Waals surface area contributed by atoms with Gasteiger partial charge >= 0.3 is 0 Å². The minimum Gasteiger partial charge on any atom is -0.383 e. The van der Waals surface area contributed by atoms with Crippen molar-refractivity contribution < 1.29 is 0 Å². The molecule has 90 valence electrons. The van der Waals surface area contributed by atoms with Crippen molar-refractivity contribution in [2.24, 2.45) is 0 Å². The van der Waals surface area contributed by atoms with Crippen LogP contribution >= 0.6 is 27.5 Å². The lowest BCUT2D eigenvalue weighted by Crippen LogP contribution is -2.15. The second kappa shape index (κ2) is 4.14. The number of nitrogen functional groups attached to an aromatic ring is 1. The lowest BCUT2D eigenvalue weighted by Gasteiger charge is -2.21. The number of nitrogens with two attached hydrogens (primary N) is 1. The molecule has 0 bridgehead atoms. The van der Waals surface area contributed by atoms with E-state index in [9.17, 15) is 0 Å². The van der Waals surface area contributed by atoms with Crippen LogP contribution in [0.15, 0.2) is 22.7 Å². The van der Waals surface area contributed by atoms with Gasteiger partial charge in [0.05, 0.1) is 5.52 Å². The number of rotatable bonds is 0. The van der Waals surface area contributed by atoms with Gasteiger partial charge in [-0.2, -0.15) is 0 Å². The zero-order chi connectivity index (χ0) is 12.8. The Kier molecular flexibility index (Phi) is 3.08. The molecule has 0 spiro atoms. The van der Waals surface area contributed by atoms with E-state index in [4.69, 9.17) is 17.3 Å². The van der Waals surface area contributed by atoms with Gasteiger partial charge in [0, 0.05) is 20.4 Å². The van der Waals surface area contributed by atoms with Crippen molar-refractivity contribution in [2.75, 3.05) is 5.73 Å². The van der Waals surface area contributed by atoms with Crippen LogP contribution in [-0.2, 0) is 5.41 Å². The molecular weight excluding hydrogens is 300 g/mol. The Morgan fingerprint density at radius 1 is 1.24 bits per heavy atom. The second-order valence-corrected chi connectivity index (χ2v) is 6.42. The quantitative estimate of drug-likeness (QED) is 0.776. The molecule has 0 aliphatic carbocycles. The van der Waals surface area contributed by atoms with Gasteiger partial charge in [0.1, 0.15) is 5.82 Å². The average molecular weight is 314 g/mol. The lowest BCUT2D eigenvalue weighted by atomic mass is 9.86. The molecule has 0 saturated heterocycles. The van der Waals surface area contributed by atoms with Crippen molar-refractivity contribution in [2.45, 2.75) is 26.2 Å². The molecule has 0 atom stereocenters. The molecule has 17 heavy (non-hydrogen) atoms. The van der Waals surface area contributed by atoms with Crippen molar-refractivity contribution in [3.8, 4) is 0 Å². The first-order chi connectivity index (χ1) is 7.79. The van der Waals surface area contributed by atoms with Gasteiger partial charge in [-0.1, -0.05) is 32.4 Å². The van der Waals surface area contributed by atoms with Crippen LogP contribution in [0.5, 0.6) is 0 Å². The summed E-state index contributed by atoms with van der Waals surface area (Å²) in [5.41, 5.74) is 7.88. The van der Waals surface area contributed by atoms with Crippen LogP contribution in [0.1, 0.15) is 26.3 Å². The molecule has 1 aromatic heterocycles. The number of aromatic nitrogens is 1. The Labute approximate surface area is 114 Å². The van der Waals surface area contributed by atoms with E-state index in [-0.39, 0.29) is 5.41 Å². The summed E-state index contributed by atoms with van der Waals surface area (Å²) in [6.45, 7) is 6.35. The molecule has 0 aliphatic rings. The van der Waals surface area contributed by atoms with Crippen LogP contribution in [0.2, 0.25) is 5.02 Å². The van der Waals surface area contributed by atoms with Crippen LogP contribution in [0.25, 0.3) is 10.9 Å². The summed E-state index contributed by atoms with van der Waals surface area (Å²) in [7, 11) is 0. The first kappa shape index (κ1) is 12.7. The van der Waals surface area contributed by atoms with Crippen LogP contribution in [0.4, 0.5) is 5.82 Å². The van der Waals surface area contributed by atoms with Gasteiger partial charge in [-0.3, -0.25) is 0 Å². The summed E-state index contributed by atoms with van der Waals surface area (Å²) in [6, 6.07) is 5.80. The number of hydrogen-bond acceptors (Lipinski definition) is 2. The maximum atomic E-state index is 6.04. The minimum absolute atomic E-state index is 0.0277. The maximum Gasteiger partial charge on any atom is 0.127 e. The molecule has 0 radical (unpaired) electrons. The second-order valence-electron chi connectivity index (χ2n) is 5.13. The van der Waals surface area contributed by atoms with Crippen LogP contribution < -0.4 is 5.73 Å². The molecule has 0 saturated carbocycles. The zero-order valence-corrected chi connectivity index (χ0v) is 12.4. The molecule has 0 aliphatic heterocycles. The highest BCUT2D eigenvalue weighted by Gasteiger charge is 2.19. The normalized spacial score (nSPS) is 12.1. The van der Waals surface area contributed by atoms with Gasteiger partial charge in [-0.15, -0.1) is 0 Å². The smallest absolute Gasteiger partial charge is 0.127 e. The van der Waals surface area contributed by atoms with E-state index in [2.05, 4.69) is 47.8 Å². The molecular formula is C13H14BrClN2. The monoisotopic (exact) mass is 312 g/mol. The van der Waals surface area contributed by atoms with E-state index >= 15 is 0 Å². The lowest BCUT2D eigenvalue weighted by molar-refractivity contribution is 0.591. The highest BCUT2D eigenvalue weighted by Crippen LogP contribution is 2.33. The van der Waals surface area contributed by atoms with Gasteiger partial charge in [0.25, 0.3) is 0 Å². The molecule has 1 aromatic carbocycles. The standard InChI is InChI=1S/C13H14BrClN2/c1-13(2,3)9-5-7-4-8(15)6-10(14)11(7)17-12(9)16/h4-6H,1-3H3,(H2,16,17). The zero-order valence-electron chi connectivity index (χ0n) is 10.0. The summed E-state index contributed by atoms with van der Waals surface area (Å²) in [5.74, 6) is 0.577. The molecule has 2 N–H and O–H groups in total. The van der Waals surface area contributed by atoms with E-state index in [0.29, 0.717) is 10.8 Å². The van der Waals surface area contributed by atoms with Crippen molar-refractivity contribution in [1.82, 2.24) is 4.98 Å². The molecule has 0 unspecified atom stereocenters. The Morgan fingerprint density at radius 2 is 1.88 bits per heavy atom. The third-order valence-electron chi connectivity index (χ3n) is 2.67. The summed E-state index contributed by atoms with van der Waals surface area (Å²) >= 11 is 9.50. The average Bonchev–Trinajstić information content (AvgIpc) is 2.16. The first-order valence-electron chi connectivity index (χ1n) is 5.35. The number of halogens is 2. The molecule has 4 heteroatoms. The fourth-order valence-electron chi connectivity index (χ4n) is 1.82. The van der Waals surface area contributed by atoms with E-state index in [0.717, 1.165) is 20.9 Å². The molecule has 1 heterocycles. The van der Waals surface area contributed by atoms with Crippen LogP contribution in [0.3, 0.4) is 0 Å². The molecule has 0 amide bonds. The fraction of sp³-hybridized carbons (Fsp3) is 0.308. The largest absolute Gasteiger partial charge is 0.383 e. The summed E-state index contributed by atoms with van der Waals surface area (Å²) < 4.78 is 0.868. The predicted molar refractivity (Wildman–Crippen MR) is 77.6 cm³/mol. The van der Waals surface area contributed by atoms with E-state index in [1.54, 1.807) is 0 Å². The molecule has 2 nitrogen and oxygen atoms in total. The van der Waals surface area contributed by atoms with Gasteiger partial charge in [0.2, 0.25) is 0 Å². The number of hydrogen-bond donors (Lipinski definition) is 1. The Balaban J connectivity index is 2.81. The summed E-state index contributed by atoms with van der Waals surface area (Å²) in [6.07, 6.45) is 0. The molecule has 0 fully saturated rings. The minimum atomic E-state index is -0.0277. The Hall–Kier alpha value is -0.800. The van der Waals surface area contributed by atoms with Crippen LogP contribution in [0, 0.1) is 0 Å². The highest BCUT2D eigenvalue weighted by atomic mass is 79.9.